The van der Waals surface area contributed by atoms with E-state index >= 15 is 0 Å². The van der Waals surface area contributed by atoms with Crippen molar-refractivity contribution in [3.05, 3.63) is 22.2 Å². The van der Waals surface area contributed by atoms with Gasteiger partial charge in [-0.3, -0.25) is 0 Å². The van der Waals surface area contributed by atoms with E-state index in [9.17, 15) is 0 Å². The van der Waals surface area contributed by atoms with Crippen molar-refractivity contribution >= 4 is 15.9 Å². The molecule has 0 amide bonds. The van der Waals surface area contributed by atoms with Gasteiger partial charge in [0, 0.05) is 0 Å². The van der Waals surface area contributed by atoms with Gasteiger partial charge in [0.2, 0.25) is 0 Å². The molecule has 0 radical (unpaired) electrons. The Balaban J connectivity index is 3.22. The number of benzene rings is 1. The zero-order valence-electron chi connectivity index (χ0n) is 9.21. The third kappa shape index (κ3) is 2.44. The molecule has 0 saturated heterocycles. The quantitative estimate of drug-likeness (QED) is 0.917. The molecule has 1 atom stereocenters. The van der Waals surface area contributed by atoms with Crippen LogP contribution in [0.2, 0.25) is 0 Å². The number of hydrogen-bond acceptors (Lipinski definition) is 3. The second-order valence-electron chi connectivity index (χ2n) is 3.34. The molecule has 0 heterocycles. The van der Waals surface area contributed by atoms with E-state index < -0.39 is 0 Å². The molecule has 1 aromatic carbocycles. The largest absolute Gasteiger partial charge is 0.493 e. The number of rotatable bonds is 4. The lowest BCUT2D eigenvalue weighted by atomic mass is 10.0. The zero-order valence-corrected chi connectivity index (χ0v) is 10.8. The van der Waals surface area contributed by atoms with Crippen molar-refractivity contribution in [2.75, 3.05) is 20.8 Å². The van der Waals surface area contributed by atoms with Gasteiger partial charge in [-0.1, -0.05) is 13.0 Å². The fourth-order valence-electron chi connectivity index (χ4n) is 1.41. The predicted molar refractivity (Wildman–Crippen MR) is 64.7 cm³/mol. The Bertz CT molecular complexity index is 342. The molecule has 2 N–H and O–H groups in total. The van der Waals surface area contributed by atoms with Crippen LogP contribution in [0, 0.1) is 0 Å². The highest BCUT2D eigenvalue weighted by atomic mass is 79.9. The third-order valence-corrected chi connectivity index (χ3v) is 3.22. The highest BCUT2D eigenvalue weighted by molar-refractivity contribution is 9.10. The maximum absolute atomic E-state index is 5.64. The minimum Gasteiger partial charge on any atom is -0.493 e. The van der Waals surface area contributed by atoms with Gasteiger partial charge in [-0.15, -0.1) is 0 Å². The Morgan fingerprint density at radius 3 is 2.47 bits per heavy atom. The first kappa shape index (κ1) is 12.3. The number of methoxy groups -OCH3 is 2. The number of hydrogen-bond donors (Lipinski definition) is 1. The van der Waals surface area contributed by atoms with Crippen LogP contribution < -0.4 is 15.2 Å². The van der Waals surface area contributed by atoms with Crippen molar-refractivity contribution in [2.24, 2.45) is 5.73 Å². The van der Waals surface area contributed by atoms with Crippen LogP contribution in [0.5, 0.6) is 11.5 Å². The first-order chi connectivity index (χ1) is 7.15. The molecule has 0 aromatic heterocycles. The topological polar surface area (TPSA) is 44.5 Å². The fourth-order valence-corrected chi connectivity index (χ4v) is 2.29. The van der Waals surface area contributed by atoms with Gasteiger partial charge in [0.15, 0.2) is 11.5 Å². The van der Waals surface area contributed by atoms with Crippen LogP contribution in [0.4, 0.5) is 0 Å². The summed E-state index contributed by atoms with van der Waals surface area (Å²) < 4.78 is 11.4. The molecule has 15 heavy (non-hydrogen) atoms. The Morgan fingerprint density at radius 1 is 1.33 bits per heavy atom. The van der Waals surface area contributed by atoms with Gasteiger partial charge >= 0.3 is 0 Å². The molecular weight excluding hydrogens is 258 g/mol. The SMILES string of the molecule is COc1ccc(C(C)CN)c(Br)c1OC. The monoisotopic (exact) mass is 273 g/mol. The van der Waals surface area contributed by atoms with Crippen LogP contribution in [0.3, 0.4) is 0 Å². The van der Waals surface area contributed by atoms with Crippen molar-refractivity contribution < 1.29 is 9.47 Å². The maximum atomic E-state index is 5.64. The van der Waals surface area contributed by atoms with Crippen molar-refractivity contribution in [1.82, 2.24) is 0 Å². The first-order valence-electron chi connectivity index (χ1n) is 4.76. The lowest BCUT2D eigenvalue weighted by Gasteiger charge is -2.16. The molecule has 84 valence electrons. The van der Waals surface area contributed by atoms with E-state index in [0.717, 1.165) is 21.5 Å². The van der Waals surface area contributed by atoms with Gasteiger partial charge in [0.05, 0.1) is 18.7 Å². The highest BCUT2D eigenvalue weighted by Gasteiger charge is 2.15. The summed E-state index contributed by atoms with van der Waals surface area (Å²) in [6.45, 7) is 2.68. The van der Waals surface area contributed by atoms with Crippen LogP contribution in [0.25, 0.3) is 0 Å². The first-order valence-corrected chi connectivity index (χ1v) is 5.55. The van der Waals surface area contributed by atoms with Gasteiger partial charge in [-0.25, -0.2) is 0 Å². The Morgan fingerprint density at radius 2 is 2.00 bits per heavy atom. The minimum absolute atomic E-state index is 0.291. The third-order valence-electron chi connectivity index (χ3n) is 2.40. The van der Waals surface area contributed by atoms with Crippen LogP contribution in [0.15, 0.2) is 16.6 Å². The van der Waals surface area contributed by atoms with E-state index in [2.05, 4.69) is 22.9 Å². The van der Waals surface area contributed by atoms with Crippen LogP contribution in [-0.4, -0.2) is 20.8 Å². The molecule has 1 unspecified atom stereocenters. The molecule has 0 aliphatic carbocycles. The summed E-state index contributed by atoms with van der Waals surface area (Å²) in [5.41, 5.74) is 6.78. The minimum atomic E-state index is 0.291. The molecule has 1 aromatic rings. The zero-order chi connectivity index (χ0) is 11.4. The summed E-state index contributed by atoms with van der Waals surface area (Å²) in [6, 6.07) is 3.90. The average molecular weight is 274 g/mol. The molecule has 1 rings (SSSR count). The maximum Gasteiger partial charge on any atom is 0.175 e. The molecule has 0 aliphatic heterocycles. The Labute approximate surface area is 98.7 Å². The highest BCUT2D eigenvalue weighted by Crippen LogP contribution is 2.39. The fraction of sp³-hybridized carbons (Fsp3) is 0.455. The van der Waals surface area contributed by atoms with Crippen molar-refractivity contribution in [2.45, 2.75) is 12.8 Å². The summed E-state index contributed by atoms with van der Waals surface area (Å²) in [7, 11) is 3.25. The molecule has 0 aliphatic rings. The molecule has 4 heteroatoms. The molecular formula is C11H16BrNO2. The smallest absolute Gasteiger partial charge is 0.175 e. The number of ether oxygens (including phenoxy) is 2. The van der Waals surface area contributed by atoms with Crippen molar-refractivity contribution in [3.8, 4) is 11.5 Å². The van der Waals surface area contributed by atoms with Gasteiger partial charge in [0.1, 0.15) is 0 Å². The van der Waals surface area contributed by atoms with E-state index in [-0.39, 0.29) is 0 Å². The van der Waals surface area contributed by atoms with E-state index in [0.29, 0.717) is 12.5 Å². The summed E-state index contributed by atoms with van der Waals surface area (Å²) in [6.07, 6.45) is 0. The van der Waals surface area contributed by atoms with Crippen LogP contribution in [-0.2, 0) is 0 Å². The normalized spacial score (nSPS) is 12.3. The molecule has 0 bridgehead atoms. The molecule has 0 saturated carbocycles. The lowest BCUT2D eigenvalue weighted by Crippen LogP contribution is -2.10. The number of nitrogens with two attached hydrogens (primary N) is 1. The van der Waals surface area contributed by atoms with Gasteiger partial charge in [0.25, 0.3) is 0 Å². The average Bonchev–Trinajstić information content (AvgIpc) is 2.27. The predicted octanol–water partition coefficient (Wildman–Crippen LogP) is 2.53. The summed E-state index contributed by atoms with van der Waals surface area (Å²) in [5, 5.41) is 0. The Kier molecular flexibility index (Phi) is 4.42. The van der Waals surface area contributed by atoms with E-state index in [4.69, 9.17) is 15.2 Å². The van der Waals surface area contributed by atoms with E-state index in [1.165, 1.54) is 0 Å². The van der Waals surface area contributed by atoms with Crippen molar-refractivity contribution in [1.29, 1.82) is 0 Å². The van der Waals surface area contributed by atoms with Gasteiger partial charge < -0.3 is 15.2 Å². The van der Waals surface area contributed by atoms with E-state index in [1.807, 2.05) is 12.1 Å². The molecule has 0 fully saturated rings. The van der Waals surface area contributed by atoms with Gasteiger partial charge in [-0.05, 0) is 40.0 Å². The molecule has 0 spiro atoms. The Hall–Kier alpha value is -0.740. The van der Waals surface area contributed by atoms with Gasteiger partial charge in [-0.2, -0.15) is 0 Å². The van der Waals surface area contributed by atoms with E-state index in [1.54, 1.807) is 14.2 Å². The second-order valence-corrected chi connectivity index (χ2v) is 4.13. The molecule has 3 nitrogen and oxygen atoms in total. The standard InChI is InChI=1S/C11H16BrNO2/c1-7(6-13)8-4-5-9(14-2)11(15-3)10(8)12/h4-5,7H,6,13H2,1-3H3. The summed E-state index contributed by atoms with van der Waals surface area (Å²) in [5.74, 6) is 1.73. The number of halogens is 1. The second kappa shape index (κ2) is 5.37. The summed E-state index contributed by atoms with van der Waals surface area (Å²) in [4.78, 5) is 0. The van der Waals surface area contributed by atoms with Crippen molar-refractivity contribution in [3.63, 3.8) is 0 Å². The van der Waals surface area contributed by atoms with Crippen LogP contribution in [0.1, 0.15) is 18.4 Å². The lowest BCUT2D eigenvalue weighted by molar-refractivity contribution is 0.352. The summed E-state index contributed by atoms with van der Waals surface area (Å²) >= 11 is 3.51. The van der Waals surface area contributed by atoms with Crippen LogP contribution >= 0.6 is 15.9 Å².